The molecule has 1 N–H and O–H groups in total. The van der Waals surface area contributed by atoms with Crippen molar-refractivity contribution in [3.05, 3.63) is 28.5 Å². The minimum atomic E-state index is -0.126. The molecule has 18 heavy (non-hydrogen) atoms. The van der Waals surface area contributed by atoms with E-state index in [0.717, 1.165) is 30.2 Å². The molecule has 1 aliphatic carbocycles. The van der Waals surface area contributed by atoms with Crippen molar-refractivity contribution in [1.29, 1.82) is 0 Å². The Labute approximate surface area is 120 Å². The van der Waals surface area contributed by atoms with E-state index in [1.807, 2.05) is 6.07 Å². The average molecular weight is 332 g/mol. The lowest BCUT2D eigenvalue weighted by Gasteiger charge is -2.25. The number of amides is 1. The quantitative estimate of drug-likeness (QED) is 0.863. The largest absolute Gasteiger partial charge is 0.350 e. The van der Waals surface area contributed by atoms with Gasteiger partial charge in [-0.3, -0.25) is 4.79 Å². The monoisotopic (exact) mass is 330 g/mol. The van der Waals surface area contributed by atoms with Crippen LogP contribution in [0.4, 0.5) is 0 Å². The van der Waals surface area contributed by atoms with Crippen molar-refractivity contribution >= 4 is 33.4 Å². The van der Waals surface area contributed by atoms with E-state index in [1.54, 1.807) is 12.3 Å². The van der Waals surface area contributed by atoms with Crippen LogP contribution in [0.25, 0.3) is 0 Å². The van der Waals surface area contributed by atoms with E-state index in [4.69, 9.17) is 11.6 Å². The van der Waals surface area contributed by atoms with Crippen molar-refractivity contribution in [2.24, 2.45) is 5.92 Å². The molecule has 0 aromatic carbocycles. The van der Waals surface area contributed by atoms with Crippen LogP contribution < -0.4 is 5.32 Å². The van der Waals surface area contributed by atoms with Crippen LogP contribution in [0.5, 0.6) is 0 Å². The summed E-state index contributed by atoms with van der Waals surface area (Å²) in [5.74, 6) is 0.367. The van der Waals surface area contributed by atoms with E-state index in [2.05, 4.69) is 26.2 Å². The summed E-state index contributed by atoms with van der Waals surface area (Å²) >= 11 is 9.46. The van der Waals surface area contributed by atoms with Gasteiger partial charge in [-0.1, -0.05) is 6.42 Å². The minimum absolute atomic E-state index is 0.126. The number of halogens is 2. The average Bonchev–Trinajstić information content (AvgIpc) is 2.37. The predicted octanol–water partition coefficient (Wildman–Crippen LogP) is 3.37. The van der Waals surface area contributed by atoms with Gasteiger partial charge in [-0.15, -0.1) is 11.6 Å². The number of carbonyl (C=O) groups excluding carboxylic acids is 1. The maximum atomic E-state index is 12.0. The van der Waals surface area contributed by atoms with Gasteiger partial charge in [0.15, 0.2) is 0 Å². The van der Waals surface area contributed by atoms with Crippen LogP contribution in [0.3, 0.4) is 0 Å². The fourth-order valence-corrected chi connectivity index (χ4v) is 3.13. The summed E-state index contributed by atoms with van der Waals surface area (Å²) in [5.41, 5.74) is 0.440. The van der Waals surface area contributed by atoms with Gasteiger partial charge in [0.2, 0.25) is 0 Å². The lowest BCUT2D eigenvalue weighted by Crippen LogP contribution is -2.32. The first-order valence-electron chi connectivity index (χ1n) is 6.19. The molecular formula is C13H16BrClN2O. The molecule has 0 spiro atoms. The van der Waals surface area contributed by atoms with Gasteiger partial charge in [-0.2, -0.15) is 0 Å². The highest BCUT2D eigenvalue weighted by molar-refractivity contribution is 9.10. The van der Waals surface area contributed by atoms with Crippen molar-refractivity contribution in [2.45, 2.75) is 31.1 Å². The Bertz CT molecular complexity index is 427. The van der Waals surface area contributed by atoms with Gasteiger partial charge in [-0.25, -0.2) is 4.98 Å². The Kier molecular flexibility index (Phi) is 5.01. The second kappa shape index (κ2) is 6.53. The van der Waals surface area contributed by atoms with E-state index in [9.17, 15) is 4.79 Å². The van der Waals surface area contributed by atoms with Gasteiger partial charge >= 0.3 is 0 Å². The molecule has 1 aliphatic rings. The number of carbonyl (C=O) groups is 1. The highest BCUT2D eigenvalue weighted by atomic mass is 79.9. The Morgan fingerprint density at radius 1 is 1.56 bits per heavy atom. The number of nitrogens with one attached hydrogen (secondary N) is 1. The lowest BCUT2D eigenvalue weighted by molar-refractivity contribution is 0.0938. The highest BCUT2D eigenvalue weighted by Gasteiger charge is 2.21. The van der Waals surface area contributed by atoms with Gasteiger partial charge < -0.3 is 5.32 Å². The van der Waals surface area contributed by atoms with E-state index in [1.165, 1.54) is 0 Å². The second-order valence-corrected chi connectivity index (χ2v) is 6.15. The predicted molar refractivity (Wildman–Crippen MR) is 75.9 cm³/mol. The van der Waals surface area contributed by atoms with E-state index < -0.39 is 0 Å². The molecular weight excluding hydrogens is 316 g/mol. The standard InChI is InChI=1S/C13H16BrClN2O/c14-11-5-2-6-16-12(11)13(18)17-8-9-3-1-4-10(15)7-9/h2,5-6,9-10H,1,3-4,7-8H2,(H,17,18). The Morgan fingerprint density at radius 2 is 2.39 bits per heavy atom. The topological polar surface area (TPSA) is 42.0 Å². The summed E-state index contributed by atoms with van der Waals surface area (Å²) in [6.07, 6.45) is 6.01. The van der Waals surface area contributed by atoms with E-state index >= 15 is 0 Å². The van der Waals surface area contributed by atoms with Crippen LogP contribution in [0.2, 0.25) is 0 Å². The summed E-state index contributed by atoms with van der Waals surface area (Å²) in [5, 5.41) is 3.21. The number of rotatable bonds is 3. The highest BCUT2D eigenvalue weighted by Crippen LogP contribution is 2.27. The normalized spacial score (nSPS) is 23.7. The van der Waals surface area contributed by atoms with Crippen molar-refractivity contribution < 1.29 is 4.79 Å². The molecule has 1 aromatic heterocycles. The zero-order valence-electron chi connectivity index (χ0n) is 10.0. The molecule has 1 aromatic rings. The molecule has 0 aliphatic heterocycles. The summed E-state index contributed by atoms with van der Waals surface area (Å²) in [7, 11) is 0. The van der Waals surface area contributed by atoms with Crippen LogP contribution in [-0.2, 0) is 0 Å². The zero-order valence-corrected chi connectivity index (χ0v) is 12.4. The fraction of sp³-hybridized carbons (Fsp3) is 0.538. The van der Waals surface area contributed by atoms with Crippen molar-refractivity contribution in [2.75, 3.05) is 6.54 Å². The Balaban J connectivity index is 1.87. The first-order chi connectivity index (χ1) is 8.66. The minimum Gasteiger partial charge on any atom is -0.350 e. The molecule has 5 heteroatoms. The maximum absolute atomic E-state index is 12.0. The van der Waals surface area contributed by atoms with Crippen LogP contribution >= 0.6 is 27.5 Å². The molecule has 2 atom stereocenters. The molecule has 0 saturated heterocycles. The van der Waals surface area contributed by atoms with Crippen molar-refractivity contribution in [3.8, 4) is 0 Å². The van der Waals surface area contributed by atoms with Crippen LogP contribution in [-0.4, -0.2) is 22.8 Å². The first-order valence-corrected chi connectivity index (χ1v) is 7.42. The summed E-state index contributed by atoms with van der Waals surface area (Å²) in [6.45, 7) is 0.686. The molecule has 1 saturated carbocycles. The van der Waals surface area contributed by atoms with Gasteiger partial charge in [0, 0.05) is 22.6 Å². The molecule has 1 amide bonds. The molecule has 2 unspecified atom stereocenters. The number of hydrogen-bond donors (Lipinski definition) is 1. The smallest absolute Gasteiger partial charge is 0.271 e. The van der Waals surface area contributed by atoms with Gasteiger partial charge in [0.05, 0.1) is 0 Å². The number of nitrogens with zero attached hydrogens (tertiary/aromatic N) is 1. The molecule has 1 fully saturated rings. The third-order valence-corrected chi connectivity index (χ3v) is 4.28. The Morgan fingerprint density at radius 3 is 3.11 bits per heavy atom. The van der Waals surface area contributed by atoms with Crippen molar-refractivity contribution in [1.82, 2.24) is 10.3 Å². The molecule has 98 valence electrons. The number of aromatic nitrogens is 1. The van der Waals surface area contributed by atoms with Gasteiger partial charge in [0.25, 0.3) is 5.91 Å². The molecule has 2 rings (SSSR count). The van der Waals surface area contributed by atoms with E-state index in [0.29, 0.717) is 18.2 Å². The third kappa shape index (κ3) is 3.69. The number of hydrogen-bond acceptors (Lipinski definition) is 2. The summed E-state index contributed by atoms with van der Waals surface area (Å²) in [4.78, 5) is 16.0. The molecule has 0 bridgehead atoms. The van der Waals surface area contributed by atoms with E-state index in [-0.39, 0.29) is 11.3 Å². The molecule has 1 heterocycles. The number of pyridine rings is 1. The molecule has 3 nitrogen and oxygen atoms in total. The van der Waals surface area contributed by atoms with Crippen LogP contribution in [0.1, 0.15) is 36.2 Å². The van der Waals surface area contributed by atoms with Crippen LogP contribution in [0, 0.1) is 5.92 Å². The number of alkyl halides is 1. The van der Waals surface area contributed by atoms with Crippen LogP contribution in [0.15, 0.2) is 22.8 Å². The fourth-order valence-electron chi connectivity index (χ4n) is 2.28. The summed E-state index contributed by atoms with van der Waals surface area (Å²) < 4.78 is 0.723. The first kappa shape index (κ1) is 13.8. The molecule has 0 radical (unpaired) electrons. The van der Waals surface area contributed by atoms with Crippen molar-refractivity contribution in [3.63, 3.8) is 0 Å². The summed E-state index contributed by atoms with van der Waals surface area (Å²) in [6, 6.07) is 3.61. The SMILES string of the molecule is O=C(NCC1CCCC(Cl)C1)c1ncccc1Br. The van der Waals surface area contributed by atoms with Gasteiger partial charge in [0.1, 0.15) is 5.69 Å². The third-order valence-electron chi connectivity index (χ3n) is 3.24. The zero-order chi connectivity index (χ0) is 13.0. The Hall–Kier alpha value is -0.610. The maximum Gasteiger partial charge on any atom is 0.271 e. The second-order valence-electron chi connectivity index (χ2n) is 4.67. The lowest BCUT2D eigenvalue weighted by atomic mass is 9.89. The van der Waals surface area contributed by atoms with Gasteiger partial charge in [-0.05, 0) is 53.2 Å².